The lowest BCUT2D eigenvalue weighted by Crippen LogP contribution is -2.41. The molecule has 2 heterocycles. The quantitative estimate of drug-likeness (QED) is 0.0408. The van der Waals surface area contributed by atoms with Gasteiger partial charge in [-0.2, -0.15) is 12.4 Å². The van der Waals surface area contributed by atoms with Crippen LogP contribution >= 0.6 is 21.6 Å². The normalized spacial score (nSPS) is 20.4. The van der Waals surface area contributed by atoms with Gasteiger partial charge in [-0.05, 0) is 139 Å². The predicted octanol–water partition coefficient (Wildman–Crippen LogP) is 8.14. The SMILES string of the molecule is CCc1ccc2cccc(CCO)c2c1Cc1c(CC(Cc2cc[n-]c2)C(O)CC(=O)C2(c3cc(O)cc(CNC)c3)CCC3SSCC(C)(O)CNCOc4c(O)ccc(c43)C2)ccc(O)c1OC. The average molecular weight is 989 g/mol. The van der Waals surface area contributed by atoms with E-state index in [0.717, 1.165) is 67.3 Å². The lowest BCUT2D eigenvalue weighted by atomic mass is 9.68. The smallest absolute Gasteiger partial charge is 0.167 e. The number of ketones is 1. The minimum Gasteiger partial charge on any atom is -0.670 e. The summed E-state index contributed by atoms with van der Waals surface area (Å²) in [7, 11) is 6.51. The summed E-state index contributed by atoms with van der Waals surface area (Å²) in [5.41, 5.74) is 6.62. The van der Waals surface area contributed by atoms with Gasteiger partial charge in [0.15, 0.2) is 23.0 Å². The molecule has 1 aliphatic heterocycles. The van der Waals surface area contributed by atoms with Crippen molar-refractivity contribution in [1.82, 2.24) is 15.6 Å². The lowest BCUT2D eigenvalue weighted by Gasteiger charge is -2.35. The standard InChI is InChI=1S/C56H66N3O9S2/c1-5-36-9-10-37-7-6-8-38(17-20-60)51(37)44(36)26-45-39(11-13-46(62)53(45)67-4)24-41(21-34-16-19-58-30-34)48(64)27-50(65)56(42-22-35(29-57-3)23-43(61)25-42)18-15-49-52-40(28-56)12-14-47(63)54(52)68-33-59-31-55(2,66)32-69-70-49/h6-14,16,19,22-23,25,30,41,48-49,57,59-64,66H,5,15,17-18,20-21,24,26-29,31-33H2,1-4H3/q-1. The summed E-state index contributed by atoms with van der Waals surface area (Å²) in [6, 6.07) is 24.6. The molecule has 0 radical (unpaired) electrons. The van der Waals surface area contributed by atoms with Crippen molar-refractivity contribution in [2.75, 3.05) is 39.8 Å². The van der Waals surface area contributed by atoms with Crippen molar-refractivity contribution in [1.29, 1.82) is 0 Å². The Morgan fingerprint density at radius 2 is 1.80 bits per heavy atom. The van der Waals surface area contributed by atoms with Crippen molar-refractivity contribution in [3.63, 3.8) is 0 Å². The van der Waals surface area contributed by atoms with Crippen LogP contribution in [0, 0.1) is 5.92 Å². The molecule has 12 nitrogen and oxygen atoms in total. The number of ether oxygens (including phenoxy) is 2. The molecule has 0 saturated heterocycles. The van der Waals surface area contributed by atoms with Gasteiger partial charge in [-0.15, -0.1) is 0 Å². The van der Waals surface area contributed by atoms with Gasteiger partial charge < -0.3 is 50.4 Å². The maximum atomic E-state index is 15.8. The molecule has 0 saturated carbocycles. The van der Waals surface area contributed by atoms with E-state index in [1.54, 1.807) is 72.3 Å². The van der Waals surface area contributed by atoms with E-state index in [1.165, 1.54) is 0 Å². The second-order valence-corrected chi connectivity index (χ2v) is 21.8. The third-order valence-electron chi connectivity index (χ3n) is 14.3. The number of benzene rings is 5. The summed E-state index contributed by atoms with van der Waals surface area (Å²) < 4.78 is 12.2. The topological polar surface area (TPSA) is 195 Å². The maximum absolute atomic E-state index is 15.8. The van der Waals surface area contributed by atoms with Crippen LogP contribution < -0.4 is 25.1 Å². The molecule has 0 fully saturated rings. The summed E-state index contributed by atoms with van der Waals surface area (Å²) >= 11 is 0. The van der Waals surface area contributed by atoms with Crippen LogP contribution in [0.5, 0.6) is 28.7 Å². The first kappa shape index (κ1) is 51.2. The summed E-state index contributed by atoms with van der Waals surface area (Å²) in [5.74, 6) is 0.451. The Kier molecular flexibility index (Phi) is 16.4. The van der Waals surface area contributed by atoms with Crippen LogP contribution in [0.3, 0.4) is 0 Å². The summed E-state index contributed by atoms with van der Waals surface area (Å²) in [6.45, 7) is 4.70. The van der Waals surface area contributed by atoms with Crippen molar-refractivity contribution in [3.05, 3.63) is 147 Å². The fourth-order valence-electron chi connectivity index (χ4n) is 10.8. The third kappa shape index (κ3) is 11.1. The first-order valence-corrected chi connectivity index (χ1v) is 26.6. The number of hydrogen-bond donors (Lipinski definition) is 8. The number of hydrogen-bond acceptors (Lipinski definition) is 13. The van der Waals surface area contributed by atoms with Crippen LogP contribution in [0.4, 0.5) is 0 Å². The molecule has 372 valence electrons. The number of aliphatic hydroxyl groups is 3. The Bertz CT molecular complexity index is 2780. The van der Waals surface area contributed by atoms with Crippen molar-refractivity contribution in [3.8, 4) is 28.7 Å². The third-order valence-corrected chi connectivity index (χ3v) is 17.3. The number of rotatable bonds is 17. The van der Waals surface area contributed by atoms with E-state index in [9.17, 15) is 30.6 Å². The minimum absolute atomic E-state index is 0.000343. The van der Waals surface area contributed by atoms with Crippen LogP contribution in [0.25, 0.3) is 10.8 Å². The highest BCUT2D eigenvalue weighted by atomic mass is 33.1. The molecule has 5 atom stereocenters. The van der Waals surface area contributed by atoms with Crippen molar-refractivity contribution in [2.45, 2.75) is 101 Å². The molecule has 5 aromatic carbocycles. The molecule has 0 bridgehead atoms. The molecule has 70 heavy (non-hydrogen) atoms. The van der Waals surface area contributed by atoms with Crippen LogP contribution in [0.2, 0.25) is 0 Å². The Morgan fingerprint density at radius 3 is 2.56 bits per heavy atom. The van der Waals surface area contributed by atoms with Crippen molar-refractivity contribution < 1.29 is 44.9 Å². The molecule has 1 aromatic heterocycles. The maximum Gasteiger partial charge on any atom is 0.167 e. The molecule has 8 rings (SSSR count). The number of aryl methyl sites for hydroxylation is 1. The lowest BCUT2D eigenvalue weighted by molar-refractivity contribution is -0.127. The summed E-state index contributed by atoms with van der Waals surface area (Å²) in [4.78, 5) is 20.2. The van der Waals surface area contributed by atoms with E-state index in [1.807, 2.05) is 37.4 Å². The molecule has 6 aromatic rings. The van der Waals surface area contributed by atoms with Crippen LogP contribution in [-0.2, 0) is 55.3 Å². The second kappa shape index (κ2) is 22.5. The first-order valence-electron chi connectivity index (χ1n) is 24.2. The van der Waals surface area contributed by atoms with Crippen LogP contribution in [0.15, 0.2) is 91.3 Å². The van der Waals surface area contributed by atoms with E-state index in [2.05, 4.69) is 46.8 Å². The zero-order valence-electron chi connectivity index (χ0n) is 40.5. The van der Waals surface area contributed by atoms with Crippen LogP contribution in [0.1, 0.15) is 94.0 Å². The van der Waals surface area contributed by atoms with Gasteiger partial charge in [0, 0.05) is 54.7 Å². The number of aromatic nitrogens is 1. The first-order chi connectivity index (χ1) is 33.8. The average Bonchev–Trinajstić information content (AvgIpc) is 3.78. The van der Waals surface area contributed by atoms with Gasteiger partial charge >= 0.3 is 0 Å². The largest absolute Gasteiger partial charge is 0.670 e. The predicted molar refractivity (Wildman–Crippen MR) is 278 cm³/mol. The Labute approximate surface area is 418 Å². The number of methoxy groups -OCH3 is 1. The number of phenols is 3. The van der Waals surface area contributed by atoms with Gasteiger partial charge in [-0.1, -0.05) is 88.7 Å². The van der Waals surface area contributed by atoms with E-state index in [4.69, 9.17) is 9.47 Å². The Morgan fingerprint density at radius 1 is 0.986 bits per heavy atom. The van der Waals surface area contributed by atoms with Gasteiger partial charge in [0.2, 0.25) is 0 Å². The molecule has 0 amide bonds. The number of phenolic OH excluding ortho intramolecular Hbond substituents is 3. The fourth-order valence-corrected chi connectivity index (χ4v) is 14.0. The number of Topliss-reactive ketones (excluding diaryl/α,β-unsaturated/α-hetero) is 1. The molecular formula is C56H66N3O9S2-. The van der Waals surface area contributed by atoms with E-state index < -0.39 is 23.0 Å². The molecule has 14 heteroatoms. The van der Waals surface area contributed by atoms with Gasteiger partial charge in [0.05, 0.1) is 24.2 Å². The highest BCUT2D eigenvalue weighted by Crippen LogP contribution is 2.55. The molecule has 1 aliphatic carbocycles. The zero-order chi connectivity index (χ0) is 49.6. The Hall–Kier alpha value is -5.19. The highest BCUT2D eigenvalue weighted by molar-refractivity contribution is 8.76. The van der Waals surface area contributed by atoms with Crippen molar-refractivity contribution >= 4 is 38.1 Å². The summed E-state index contributed by atoms with van der Waals surface area (Å²) in [5, 5.41) is 76.2. The minimum atomic E-state index is -1.22. The molecule has 8 N–H and O–H groups in total. The number of aromatic hydroxyl groups is 3. The van der Waals surface area contributed by atoms with E-state index in [-0.39, 0.29) is 54.5 Å². The monoisotopic (exact) mass is 988 g/mol. The number of β-amino-alcohol motifs (C(OH)–C–C–N with tert-alkyl or cyclic N) is 1. The van der Waals surface area contributed by atoms with Gasteiger partial charge in [0.25, 0.3) is 0 Å². The Balaban J connectivity index is 1.21. The number of carbonyl (C=O) groups is 1. The highest BCUT2D eigenvalue weighted by Gasteiger charge is 2.46. The number of aliphatic hydroxyl groups excluding tert-OH is 2. The number of fused-ring (bicyclic) bond motifs is 1. The van der Waals surface area contributed by atoms with E-state index in [0.29, 0.717) is 74.4 Å². The second-order valence-electron chi connectivity index (χ2n) is 19.3. The fraction of sp³-hybridized carbons (Fsp3) is 0.411. The van der Waals surface area contributed by atoms with Crippen LogP contribution in [-0.4, -0.2) is 87.9 Å². The molecule has 0 spiro atoms. The molecule has 5 unspecified atom stereocenters. The molecular weight excluding hydrogens is 923 g/mol. The summed E-state index contributed by atoms with van der Waals surface area (Å²) in [6.07, 6.45) is 5.64. The van der Waals surface area contributed by atoms with Gasteiger partial charge in [0.1, 0.15) is 18.3 Å². The van der Waals surface area contributed by atoms with Gasteiger partial charge in [-0.3, -0.25) is 10.1 Å². The zero-order valence-corrected chi connectivity index (χ0v) is 42.1. The van der Waals surface area contributed by atoms with E-state index >= 15 is 4.79 Å². The molecule has 2 aliphatic rings. The van der Waals surface area contributed by atoms with Gasteiger partial charge in [-0.25, -0.2) is 0 Å². The number of carbonyl (C=O) groups excluding carboxylic acids is 1. The number of nitrogens with zero attached hydrogens (tertiary/aromatic N) is 1. The number of nitrogens with one attached hydrogen (secondary N) is 2. The van der Waals surface area contributed by atoms with Crippen molar-refractivity contribution in [2.24, 2.45) is 5.92 Å².